The number of nitrogens with one attached hydrogen (secondary N) is 1. The van der Waals surface area contributed by atoms with Gasteiger partial charge in [0, 0.05) is 25.7 Å². The first-order valence-electron chi connectivity index (χ1n) is 6.63. The molecule has 0 spiro atoms. The number of rotatable bonds is 2. The standard InChI is InChI=1S/C14H18N2O3/c1-10-8-15-4-5-16(10)14(17)7-11-2-3-12-13(6-11)19-9-18-12/h2-3,6,10,15H,4-5,7-9H2,1H3/t10-/m0/s1. The minimum Gasteiger partial charge on any atom is -0.454 e. The predicted octanol–water partition coefficient (Wildman–Crippen LogP) is 0.778. The molecule has 0 aliphatic carbocycles. The second kappa shape index (κ2) is 5.09. The van der Waals surface area contributed by atoms with Crippen molar-refractivity contribution in [2.45, 2.75) is 19.4 Å². The fraction of sp³-hybridized carbons (Fsp3) is 0.500. The van der Waals surface area contributed by atoms with Crippen LogP contribution in [0.15, 0.2) is 18.2 Å². The summed E-state index contributed by atoms with van der Waals surface area (Å²) in [5, 5.41) is 3.29. The molecule has 19 heavy (non-hydrogen) atoms. The Morgan fingerprint density at radius 1 is 1.42 bits per heavy atom. The van der Waals surface area contributed by atoms with Gasteiger partial charge in [-0.15, -0.1) is 0 Å². The summed E-state index contributed by atoms with van der Waals surface area (Å²) >= 11 is 0. The summed E-state index contributed by atoms with van der Waals surface area (Å²) in [5.74, 6) is 1.67. The average Bonchev–Trinajstić information content (AvgIpc) is 2.86. The number of hydrogen-bond acceptors (Lipinski definition) is 4. The maximum absolute atomic E-state index is 12.3. The molecule has 2 heterocycles. The van der Waals surface area contributed by atoms with Crippen molar-refractivity contribution >= 4 is 5.91 Å². The van der Waals surface area contributed by atoms with Crippen LogP contribution in [0.5, 0.6) is 11.5 Å². The van der Waals surface area contributed by atoms with Crippen LogP contribution in [0, 0.1) is 0 Å². The fourth-order valence-electron chi connectivity index (χ4n) is 2.54. The predicted molar refractivity (Wildman–Crippen MR) is 70.3 cm³/mol. The number of carbonyl (C=O) groups is 1. The summed E-state index contributed by atoms with van der Waals surface area (Å²) in [7, 11) is 0. The van der Waals surface area contributed by atoms with Gasteiger partial charge in [0.25, 0.3) is 0 Å². The molecule has 1 aromatic rings. The normalized spacial score (nSPS) is 21.5. The average molecular weight is 262 g/mol. The van der Waals surface area contributed by atoms with Gasteiger partial charge in [0.1, 0.15) is 0 Å². The van der Waals surface area contributed by atoms with Crippen LogP contribution in [0.1, 0.15) is 12.5 Å². The third-order valence-electron chi connectivity index (χ3n) is 3.61. The monoisotopic (exact) mass is 262 g/mol. The molecule has 5 nitrogen and oxygen atoms in total. The highest BCUT2D eigenvalue weighted by Gasteiger charge is 2.23. The van der Waals surface area contributed by atoms with Gasteiger partial charge in [-0.05, 0) is 24.6 Å². The minimum absolute atomic E-state index is 0.174. The molecule has 1 N–H and O–H groups in total. The van der Waals surface area contributed by atoms with Crippen molar-refractivity contribution in [1.82, 2.24) is 10.2 Å². The van der Waals surface area contributed by atoms with Crippen molar-refractivity contribution in [3.63, 3.8) is 0 Å². The van der Waals surface area contributed by atoms with E-state index in [0.29, 0.717) is 6.42 Å². The van der Waals surface area contributed by atoms with E-state index in [4.69, 9.17) is 9.47 Å². The lowest BCUT2D eigenvalue weighted by atomic mass is 10.1. The van der Waals surface area contributed by atoms with Gasteiger partial charge in [-0.2, -0.15) is 0 Å². The lowest BCUT2D eigenvalue weighted by molar-refractivity contribution is -0.133. The van der Waals surface area contributed by atoms with E-state index in [1.165, 1.54) is 0 Å². The highest BCUT2D eigenvalue weighted by molar-refractivity contribution is 5.79. The molecule has 1 atom stereocenters. The second-order valence-electron chi connectivity index (χ2n) is 5.00. The largest absolute Gasteiger partial charge is 0.454 e. The smallest absolute Gasteiger partial charge is 0.231 e. The maximum Gasteiger partial charge on any atom is 0.231 e. The maximum atomic E-state index is 12.3. The van der Waals surface area contributed by atoms with Crippen LogP contribution < -0.4 is 14.8 Å². The molecule has 1 fully saturated rings. The van der Waals surface area contributed by atoms with Crippen LogP contribution in [-0.4, -0.2) is 43.3 Å². The Hall–Kier alpha value is -1.75. The van der Waals surface area contributed by atoms with E-state index in [1.54, 1.807) is 0 Å². The van der Waals surface area contributed by atoms with Crippen LogP contribution in [0.2, 0.25) is 0 Å². The Morgan fingerprint density at radius 2 is 2.26 bits per heavy atom. The number of nitrogens with zero attached hydrogens (tertiary/aromatic N) is 1. The Labute approximate surface area is 112 Å². The Kier molecular flexibility index (Phi) is 3.29. The zero-order valence-electron chi connectivity index (χ0n) is 11.0. The highest BCUT2D eigenvalue weighted by Crippen LogP contribution is 2.32. The van der Waals surface area contributed by atoms with Crippen molar-refractivity contribution < 1.29 is 14.3 Å². The molecule has 2 aliphatic heterocycles. The van der Waals surface area contributed by atoms with Crippen molar-refractivity contribution in [3.8, 4) is 11.5 Å². The zero-order valence-corrected chi connectivity index (χ0v) is 11.0. The Balaban J connectivity index is 1.69. The number of carbonyl (C=O) groups excluding carboxylic acids is 1. The molecular formula is C14H18N2O3. The molecular weight excluding hydrogens is 244 g/mol. The molecule has 1 saturated heterocycles. The highest BCUT2D eigenvalue weighted by atomic mass is 16.7. The Bertz CT molecular complexity index is 490. The zero-order chi connectivity index (χ0) is 13.2. The summed E-state index contributed by atoms with van der Waals surface area (Å²) in [6, 6.07) is 5.95. The topological polar surface area (TPSA) is 50.8 Å². The number of ether oxygens (including phenoxy) is 2. The number of piperazine rings is 1. The lowest BCUT2D eigenvalue weighted by Crippen LogP contribution is -2.52. The van der Waals surface area contributed by atoms with Gasteiger partial charge in [-0.1, -0.05) is 6.07 Å². The first kappa shape index (κ1) is 12.3. The summed E-state index contributed by atoms with van der Waals surface area (Å²) in [5.41, 5.74) is 0.972. The van der Waals surface area contributed by atoms with Crippen molar-refractivity contribution in [2.24, 2.45) is 0 Å². The SMILES string of the molecule is C[C@H]1CNCCN1C(=O)Cc1ccc2c(c1)OCO2. The van der Waals surface area contributed by atoms with Crippen LogP contribution >= 0.6 is 0 Å². The molecule has 1 aromatic carbocycles. The summed E-state index contributed by atoms with van der Waals surface area (Å²) in [4.78, 5) is 14.2. The van der Waals surface area contributed by atoms with Gasteiger partial charge in [0.15, 0.2) is 11.5 Å². The van der Waals surface area contributed by atoms with Gasteiger partial charge in [0.2, 0.25) is 12.7 Å². The molecule has 1 amide bonds. The van der Waals surface area contributed by atoms with Crippen LogP contribution in [0.4, 0.5) is 0 Å². The molecule has 0 aromatic heterocycles. The molecule has 5 heteroatoms. The number of hydrogen-bond donors (Lipinski definition) is 1. The van der Waals surface area contributed by atoms with E-state index >= 15 is 0 Å². The van der Waals surface area contributed by atoms with Gasteiger partial charge in [-0.25, -0.2) is 0 Å². The first-order valence-corrected chi connectivity index (χ1v) is 6.63. The van der Waals surface area contributed by atoms with E-state index < -0.39 is 0 Å². The molecule has 0 bridgehead atoms. The molecule has 3 rings (SSSR count). The quantitative estimate of drug-likeness (QED) is 0.855. The van der Waals surface area contributed by atoms with E-state index in [1.807, 2.05) is 23.1 Å². The van der Waals surface area contributed by atoms with Crippen molar-refractivity contribution in [1.29, 1.82) is 0 Å². The Morgan fingerprint density at radius 3 is 3.11 bits per heavy atom. The van der Waals surface area contributed by atoms with E-state index in [2.05, 4.69) is 12.2 Å². The summed E-state index contributed by atoms with van der Waals surface area (Å²) in [6.07, 6.45) is 0.418. The van der Waals surface area contributed by atoms with Crippen molar-refractivity contribution in [2.75, 3.05) is 26.4 Å². The van der Waals surface area contributed by atoms with Crippen molar-refractivity contribution in [3.05, 3.63) is 23.8 Å². The number of benzene rings is 1. The minimum atomic E-state index is 0.174. The fourth-order valence-corrected chi connectivity index (χ4v) is 2.54. The molecule has 0 radical (unpaired) electrons. The second-order valence-corrected chi connectivity index (χ2v) is 5.00. The molecule has 2 aliphatic rings. The van der Waals surface area contributed by atoms with E-state index in [9.17, 15) is 4.79 Å². The van der Waals surface area contributed by atoms with Gasteiger partial charge in [-0.3, -0.25) is 4.79 Å². The van der Waals surface area contributed by atoms with Gasteiger partial charge < -0.3 is 19.7 Å². The number of amides is 1. The van der Waals surface area contributed by atoms with E-state index in [-0.39, 0.29) is 18.7 Å². The first-order chi connectivity index (χ1) is 9.24. The number of fused-ring (bicyclic) bond motifs is 1. The lowest BCUT2D eigenvalue weighted by Gasteiger charge is -2.34. The third-order valence-corrected chi connectivity index (χ3v) is 3.61. The molecule has 0 saturated carbocycles. The molecule has 0 unspecified atom stereocenters. The third kappa shape index (κ3) is 2.51. The summed E-state index contributed by atoms with van der Waals surface area (Å²) < 4.78 is 10.6. The van der Waals surface area contributed by atoms with Crippen LogP contribution in [-0.2, 0) is 11.2 Å². The van der Waals surface area contributed by atoms with E-state index in [0.717, 1.165) is 36.7 Å². The van der Waals surface area contributed by atoms with Gasteiger partial charge >= 0.3 is 0 Å². The molecule has 102 valence electrons. The summed E-state index contributed by atoms with van der Waals surface area (Å²) in [6.45, 7) is 4.86. The van der Waals surface area contributed by atoms with Gasteiger partial charge in [0.05, 0.1) is 6.42 Å². The van der Waals surface area contributed by atoms with Crippen LogP contribution in [0.3, 0.4) is 0 Å². The van der Waals surface area contributed by atoms with Crippen LogP contribution in [0.25, 0.3) is 0 Å².